The number of hydrogen-bond acceptors (Lipinski definition) is 2. The topological polar surface area (TPSA) is 31.2 Å². The van der Waals surface area contributed by atoms with Crippen LogP contribution in [0.2, 0.25) is 0 Å². The van der Waals surface area contributed by atoms with Gasteiger partial charge in [0.2, 0.25) is 0 Å². The van der Waals surface area contributed by atoms with Crippen LogP contribution in [0.4, 0.5) is 0 Å². The minimum Gasteiger partial charge on any atom is -0.456 e. The summed E-state index contributed by atoms with van der Waals surface area (Å²) in [7, 11) is 0. The van der Waals surface area contributed by atoms with Crippen molar-refractivity contribution in [2.24, 2.45) is 0 Å². The normalized spacial score (nSPS) is 12.0. The molecule has 3 heteroatoms. The Morgan fingerprint density at radius 2 is 0.927 bits per heavy atom. The third kappa shape index (κ3) is 4.38. The Labute approximate surface area is 315 Å². The molecule has 3 aromatic heterocycles. The molecule has 3 nitrogen and oxygen atoms in total. The number of hydrogen-bond donors (Lipinski definition) is 0. The molecule has 0 radical (unpaired) electrons. The summed E-state index contributed by atoms with van der Waals surface area (Å²) < 4.78 is 15.9. The van der Waals surface area contributed by atoms with Crippen molar-refractivity contribution in [2.45, 2.75) is 0 Å². The van der Waals surface area contributed by atoms with Crippen molar-refractivity contribution in [2.75, 3.05) is 0 Å². The quantitative estimate of drug-likeness (QED) is 0.171. The summed E-state index contributed by atoms with van der Waals surface area (Å²) in [5.41, 5.74) is 11.7. The van der Waals surface area contributed by atoms with Crippen LogP contribution in [0.25, 0.3) is 116 Å². The summed E-state index contributed by atoms with van der Waals surface area (Å²) in [5, 5.41) is 10.4. The second-order valence-electron chi connectivity index (χ2n) is 14.4. The van der Waals surface area contributed by atoms with Gasteiger partial charge in [-0.15, -0.1) is 0 Å². The van der Waals surface area contributed by atoms with Crippen molar-refractivity contribution in [1.29, 1.82) is 0 Å². The fraction of sp³-hybridized carbons (Fsp3) is 0. The van der Waals surface area contributed by atoms with Crippen LogP contribution in [0.15, 0.2) is 197 Å². The maximum Gasteiger partial charge on any atom is 0.147 e. The first-order valence-electron chi connectivity index (χ1n) is 18.8. The molecule has 12 rings (SSSR count). The third-order valence-electron chi connectivity index (χ3n) is 11.4. The largest absolute Gasteiger partial charge is 0.456 e. The van der Waals surface area contributed by atoms with Gasteiger partial charge >= 0.3 is 0 Å². The molecule has 0 bridgehead atoms. The zero-order valence-corrected chi connectivity index (χ0v) is 29.7. The van der Waals surface area contributed by atoms with Crippen LogP contribution >= 0.6 is 0 Å². The molecule has 0 N–H and O–H groups in total. The molecule has 0 aliphatic carbocycles. The van der Waals surface area contributed by atoms with Crippen molar-refractivity contribution >= 4 is 76.3 Å². The number of rotatable bonds is 4. The van der Waals surface area contributed by atoms with Crippen LogP contribution < -0.4 is 0 Å². The van der Waals surface area contributed by atoms with Gasteiger partial charge in [0.25, 0.3) is 0 Å². The number of fused-ring (bicyclic) bond motifs is 10. The summed E-state index contributed by atoms with van der Waals surface area (Å²) >= 11 is 0. The highest BCUT2D eigenvalue weighted by Crippen LogP contribution is 2.49. The first-order chi connectivity index (χ1) is 27.3. The maximum atomic E-state index is 6.86. The van der Waals surface area contributed by atoms with Gasteiger partial charge in [0.15, 0.2) is 0 Å². The monoisotopic (exact) mass is 701 g/mol. The van der Waals surface area contributed by atoms with E-state index >= 15 is 0 Å². The predicted molar refractivity (Wildman–Crippen MR) is 229 cm³/mol. The number of para-hydroxylation sites is 3. The molecule has 0 aliphatic rings. The molecule has 0 saturated carbocycles. The van der Waals surface area contributed by atoms with Gasteiger partial charge in [-0.05, 0) is 86.3 Å². The van der Waals surface area contributed by atoms with Crippen LogP contribution in [0.1, 0.15) is 0 Å². The zero-order chi connectivity index (χ0) is 36.0. The Morgan fingerprint density at radius 1 is 0.345 bits per heavy atom. The first kappa shape index (κ1) is 30.1. The van der Waals surface area contributed by atoms with E-state index in [1.54, 1.807) is 0 Å². The highest BCUT2D eigenvalue weighted by molar-refractivity contribution is 6.27. The molecule has 9 aromatic carbocycles. The van der Waals surface area contributed by atoms with E-state index in [1.165, 1.54) is 60.0 Å². The Balaban J connectivity index is 1.19. The molecule has 0 unspecified atom stereocenters. The average Bonchev–Trinajstić information content (AvgIpc) is 3.95. The van der Waals surface area contributed by atoms with Gasteiger partial charge in [0.1, 0.15) is 22.5 Å². The van der Waals surface area contributed by atoms with E-state index in [-0.39, 0.29) is 0 Å². The molecule has 0 spiro atoms. The minimum atomic E-state index is 0.814. The van der Waals surface area contributed by atoms with E-state index < -0.39 is 0 Å². The first-order valence-corrected chi connectivity index (χ1v) is 18.8. The average molecular weight is 702 g/mol. The molecule has 256 valence electrons. The SMILES string of the molecule is c1ccc(-c2cc3c(-c4c5ccccc5c(-c5ccc6c7ccccc7n(-c7ccccc7)c6c5)c5ccccc45)cc4oc5ccccc5c4c3o2)cc1. The van der Waals surface area contributed by atoms with Gasteiger partial charge in [0.05, 0.1) is 16.4 Å². The van der Waals surface area contributed by atoms with E-state index in [4.69, 9.17) is 8.83 Å². The van der Waals surface area contributed by atoms with Crippen LogP contribution in [-0.2, 0) is 0 Å². The van der Waals surface area contributed by atoms with Gasteiger partial charge in [-0.2, -0.15) is 0 Å². The minimum absolute atomic E-state index is 0.814. The molecule has 0 saturated heterocycles. The molecular formula is C52H31NO2. The van der Waals surface area contributed by atoms with Crippen LogP contribution in [0.5, 0.6) is 0 Å². The van der Waals surface area contributed by atoms with Crippen LogP contribution in [0, 0.1) is 0 Å². The smallest absolute Gasteiger partial charge is 0.147 e. The second kappa shape index (κ2) is 11.6. The molecule has 3 heterocycles. The predicted octanol–water partition coefficient (Wildman–Crippen LogP) is 14.7. The van der Waals surface area contributed by atoms with E-state index in [2.05, 4.69) is 174 Å². The van der Waals surface area contributed by atoms with E-state index in [1.807, 2.05) is 18.2 Å². The lowest BCUT2D eigenvalue weighted by Gasteiger charge is -2.18. The van der Waals surface area contributed by atoms with E-state index in [0.29, 0.717) is 0 Å². The van der Waals surface area contributed by atoms with Crippen molar-refractivity contribution < 1.29 is 8.83 Å². The molecular weight excluding hydrogens is 671 g/mol. The lowest BCUT2D eigenvalue weighted by Crippen LogP contribution is -1.94. The van der Waals surface area contributed by atoms with Gasteiger partial charge < -0.3 is 13.4 Å². The fourth-order valence-electron chi connectivity index (χ4n) is 9.05. The Bertz CT molecular complexity index is 3420. The zero-order valence-electron chi connectivity index (χ0n) is 29.7. The summed E-state index contributed by atoms with van der Waals surface area (Å²) in [5.74, 6) is 0.835. The van der Waals surface area contributed by atoms with Crippen molar-refractivity contribution in [3.8, 4) is 39.3 Å². The molecule has 0 aliphatic heterocycles. The van der Waals surface area contributed by atoms with Gasteiger partial charge in [-0.1, -0.05) is 146 Å². The molecule has 0 fully saturated rings. The fourth-order valence-corrected chi connectivity index (χ4v) is 9.05. The molecule has 0 amide bonds. The lowest BCUT2D eigenvalue weighted by molar-refractivity contribution is 0.633. The van der Waals surface area contributed by atoms with Crippen molar-refractivity contribution in [3.63, 3.8) is 0 Å². The Hall–Kier alpha value is -7.36. The molecule has 55 heavy (non-hydrogen) atoms. The second-order valence-corrected chi connectivity index (χ2v) is 14.4. The highest BCUT2D eigenvalue weighted by Gasteiger charge is 2.24. The van der Waals surface area contributed by atoms with Crippen molar-refractivity contribution in [3.05, 3.63) is 188 Å². The van der Waals surface area contributed by atoms with Gasteiger partial charge in [-0.3, -0.25) is 0 Å². The number of aromatic nitrogens is 1. The van der Waals surface area contributed by atoms with E-state index in [0.717, 1.165) is 55.5 Å². The Morgan fingerprint density at radius 3 is 1.65 bits per heavy atom. The summed E-state index contributed by atoms with van der Waals surface area (Å²) in [6.45, 7) is 0. The summed E-state index contributed by atoms with van der Waals surface area (Å²) in [6, 6.07) is 67.2. The molecule has 12 aromatic rings. The number of nitrogens with zero attached hydrogens (tertiary/aromatic N) is 1. The maximum absolute atomic E-state index is 6.86. The number of benzene rings is 9. The van der Waals surface area contributed by atoms with Gasteiger partial charge in [-0.25, -0.2) is 0 Å². The lowest BCUT2D eigenvalue weighted by atomic mass is 9.84. The van der Waals surface area contributed by atoms with Crippen LogP contribution in [0.3, 0.4) is 0 Å². The van der Waals surface area contributed by atoms with E-state index in [9.17, 15) is 0 Å². The Kier molecular flexibility index (Phi) is 6.34. The summed E-state index contributed by atoms with van der Waals surface area (Å²) in [4.78, 5) is 0. The summed E-state index contributed by atoms with van der Waals surface area (Å²) in [6.07, 6.45) is 0. The van der Waals surface area contributed by atoms with Crippen LogP contribution in [-0.4, -0.2) is 4.57 Å². The number of furan rings is 2. The third-order valence-corrected chi connectivity index (χ3v) is 11.4. The highest BCUT2D eigenvalue weighted by atomic mass is 16.3. The van der Waals surface area contributed by atoms with Gasteiger partial charge in [0, 0.05) is 32.8 Å². The standard InChI is InChI=1S/C52H31NO2/c1-3-15-32(16-4-1)47-31-43-42(30-48-51(52(43)55-47)41-24-12-14-26-46(41)54-48)50-39-22-9-7-20-37(39)49(38-21-8-10-23-40(38)50)33-27-28-36-35-19-11-13-25-44(35)53(45(36)29-33)34-17-5-2-6-18-34/h1-31H. The molecule has 0 atom stereocenters. The van der Waals surface area contributed by atoms with Crippen molar-refractivity contribution in [1.82, 2.24) is 4.57 Å².